The Kier molecular flexibility index (Phi) is 5.42. The summed E-state index contributed by atoms with van der Waals surface area (Å²) >= 11 is 0. The van der Waals surface area contributed by atoms with E-state index in [-0.39, 0.29) is 24.1 Å². The largest absolute Gasteiger partial charge is 0.416 e. The molecule has 2 fully saturated rings. The van der Waals surface area contributed by atoms with Gasteiger partial charge in [0, 0.05) is 19.5 Å². The lowest BCUT2D eigenvalue weighted by molar-refractivity contribution is -0.143. The molecule has 10 heteroatoms. The Bertz CT molecular complexity index is 1020. The number of halogens is 6. The lowest BCUT2D eigenvalue weighted by Gasteiger charge is -2.36. The molecule has 1 aliphatic heterocycles. The highest BCUT2D eigenvalue weighted by Gasteiger charge is 2.67. The molecule has 0 bridgehead atoms. The maximum Gasteiger partial charge on any atom is 0.416 e. The third kappa shape index (κ3) is 4.16. The lowest BCUT2D eigenvalue weighted by atomic mass is 9.99. The Morgan fingerprint density at radius 2 is 1.61 bits per heavy atom. The van der Waals surface area contributed by atoms with Gasteiger partial charge in [0.05, 0.1) is 28.8 Å². The van der Waals surface area contributed by atoms with Crippen LogP contribution in [-0.2, 0) is 12.4 Å². The second-order valence-corrected chi connectivity index (χ2v) is 8.77. The number of carbonyl (C=O) groups excluding carboxylic acids is 1. The Balaban J connectivity index is 1.64. The van der Waals surface area contributed by atoms with E-state index in [2.05, 4.69) is 0 Å². The molecule has 0 spiro atoms. The first-order valence-electron chi connectivity index (χ1n) is 10.3. The quantitative estimate of drug-likeness (QED) is 0.588. The summed E-state index contributed by atoms with van der Waals surface area (Å²) < 4.78 is 79.5. The molecule has 2 aromatic rings. The predicted octanol–water partition coefficient (Wildman–Crippen LogP) is 5.64. The van der Waals surface area contributed by atoms with Crippen LogP contribution in [0.3, 0.4) is 0 Å². The third-order valence-electron chi connectivity index (χ3n) is 6.66. The van der Waals surface area contributed by atoms with Crippen molar-refractivity contribution >= 4 is 6.03 Å². The zero-order valence-electron chi connectivity index (χ0n) is 17.8. The molecule has 0 radical (unpaired) electrons. The fraction of sp³-hybridized carbons (Fsp3) is 0.435. The van der Waals surface area contributed by atoms with Crippen LogP contribution >= 0.6 is 0 Å². The van der Waals surface area contributed by atoms with Crippen LogP contribution in [0, 0.1) is 5.92 Å². The van der Waals surface area contributed by atoms with Gasteiger partial charge in [-0.2, -0.15) is 26.3 Å². The number of fused-ring (bicyclic) bond motifs is 1. The van der Waals surface area contributed by atoms with Crippen LogP contribution in [0.4, 0.5) is 31.1 Å². The average Bonchev–Trinajstić information content (AvgIpc) is 3.31. The van der Waals surface area contributed by atoms with Gasteiger partial charge in [0.15, 0.2) is 0 Å². The molecule has 1 unspecified atom stereocenters. The first-order valence-corrected chi connectivity index (χ1v) is 10.3. The van der Waals surface area contributed by atoms with Gasteiger partial charge in [-0.3, -0.25) is 0 Å². The second kappa shape index (κ2) is 7.65. The fourth-order valence-electron chi connectivity index (χ4n) is 4.61. The predicted molar refractivity (Wildman–Crippen MR) is 107 cm³/mol. The summed E-state index contributed by atoms with van der Waals surface area (Å²) in [5.74, 6) is -0.124. The smallest absolute Gasteiger partial charge is 0.387 e. The number of alkyl halides is 6. The van der Waals surface area contributed by atoms with Crippen LogP contribution in [0.15, 0.2) is 48.5 Å². The first-order chi connectivity index (χ1) is 15.2. The summed E-state index contributed by atoms with van der Waals surface area (Å²) in [6.45, 7) is 1.62. The minimum absolute atomic E-state index is 0.0625. The average molecular weight is 472 g/mol. The summed E-state index contributed by atoms with van der Waals surface area (Å²) in [6.07, 6.45) is -9.43. The van der Waals surface area contributed by atoms with Gasteiger partial charge in [-0.1, -0.05) is 30.3 Å². The number of carbonyl (C=O) groups is 1. The number of amides is 2. The molecule has 33 heavy (non-hydrogen) atoms. The van der Waals surface area contributed by atoms with Crippen molar-refractivity contribution < 1.29 is 36.2 Å². The lowest BCUT2D eigenvalue weighted by Crippen LogP contribution is -2.45. The van der Waals surface area contributed by atoms with Crippen molar-refractivity contribution in [2.75, 3.05) is 13.6 Å². The van der Waals surface area contributed by atoms with Crippen LogP contribution in [0.1, 0.15) is 47.7 Å². The van der Waals surface area contributed by atoms with Gasteiger partial charge in [-0.05, 0) is 42.7 Å². The standard InChI is InChI=1S/C23H22F6N2O2/c1-13(15-8-16(22(24,25)26)10-17(9-15)23(27,28)29)30(2)20(32)31-12-18-11-21(18,33)19(31)14-6-4-3-5-7-14/h3-10,13,18-19,33H,11-12H2,1-2H3/t13?,18-,19+,21-/m1/s1. The molecule has 2 amide bonds. The minimum atomic E-state index is -4.98. The highest BCUT2D eigenvalue weighted by atomic mass is 19.4. The van der Waals surface area contributed by atoms with Gasteiger partial charge in [-0.15, -0.1) is 0 Å². The zero-order valence-corrected chi connectivity index (χ0v) is 17.8. The Morgan fingerprint density at radius 1 is 1.06 bits per heavy atom. The Hall–Kier alpha value is -2.75. The molecule has 4 atom stereocenters. The maximum atomic E-state index is 13.3. The first kappa shape index (κ1) is 23.4. The molecule has 1 heterocycles. The van der Waals surface area contributed by atoms with E-state index in [1.807, 2.05) is 0 Å². The monoisotopic (exact) mass is 472 g/mol. The molecule has 1 N–H and O–H groups in total. The normalized spacial score (nSPS) is 25.5. The van der Waals surface area contributed by atoms with Gasteiger partial charge >= 0.3 is 18.4 Å². The highest BCUT2D eigenvalue weighted by molar-refractivity contribution is 5.76. The van der Waals surface area contributed by atoms with Crippen molar-refractivity contribution in [3.8, 4) is 0 Å². The molecular weight excluding hydrogens is 450 g/mol. The molecule has 1 aliphatic carbocycles. The molecule has 2 aromatic carbocycles. The van der Waals surface area contributed by atoms with Gasteiger partial charge < -0.3 is 14.9 Å². The SMILES string of the molecule is CC(c1cc(C(F)(F)F)cc(C(F)(F)F)c1)N(C)C(=O)N1C[C@H]2C[C@]2(O)[C@@H]1c1ccccc1. The number of nitrogens with zero attached hydrogens (tertiary/aromatic N) is 2. The summed E-state index contributed by atoms with van der Waals surface area (Å²) in [6, 6.07) is 7.90. The van der Waals surface area contributed by atoms with Crippen LogP contribution in [0.25, 0.3) is 0 Å². The molecule has 1 saturated heterocycles. The number of rotatable bonds is 3. The third-order valence-corrected chi connectivity index (χ3v) is 6.66. The Morgan fingerprint density at radius 3 is 2.12 bits per heavy atom. The molecular formula is C23H22F6N2O2. The van der Waals surface area contributed by atoms with Crippen molar-refractivity contribution in [2.45, 2.75) is 43.4 Å². The molecule has 4 rings (SSSR count). The van der Waals surface area contributed by atoms with E-state index in [1.165, 1.54) is 18.9 Å². The van der Waals surface area contributed by atoms with Crippen LogP contribution in [-0.4, -0.2) is 40.1 Å². The van der Waals surface area contributed by atoms with E-state index in [0.29, 0.717) is 24.1 Å². The molecule has 2 aliphatic rings. The van der Waals surface area contributed by atoms with Crippen molar-refractivity contribution in [1.29, 1.82) is 0 Å². The summed E-state index contributed by atoms with van der Waals surface area (Å²) in [7, 11) is 1.33. The van der Waals surface area contributed by atoms with Crippen LogP contribution < -0.4 is 0 Å². The van der Waals surface area contributed by atoms with Crippen molar-refractivity contribution in [2.24, 2.45) is 5.92 Å². The number of aliphatic hydroxyl groups is 1. The Labute approximate surface area is 186 Å². The van der Waals surface area contributed by atoms with Crippen LogP contribution in [0.5, 0.6) is 0 Å². The van der Waals surface area contributed by atoms with Crippen LogP contribution in [0.2, 0.25) is 0 Å². The van der Waals surface area contributed by atoms with Gasteiger partial charge in [0.2, 0.25) is 0 Å². The number of benzene rings is 2. The van der Waals surface area contributed by atoms with Crippen molar-refractivity contribution in [3.63, 3.8) is 0 Å². The summed E-state index contributed by atoms with van der Waals surface area (Å²) in [5.41, 5.74) is -3.52. The van der Waals surface area contributed by atoms with Crippen molar-refractivity contribution in [1.82, 2.24) is 9.80 Å². The summed E-state index contributed by atoms with van der Waals surface area (Å²) in [4.78, 5) is 15.9. The number of hydrogen-bond acceptors (Lipinski definition) is 2. The molecule has 0 aromatic heterocycles. The number of piperidine rings is 1. The van der Waals surface area contributed by atoms with Gasteiger partial charge in [-0.25, -0.2) is 4.79 Å². The molecule has 4 nitrogen and oxygen atoms in total. The summed E-state index contributed by atoms with van der Waals surface area (Å²) in [5, 5.41) is 10.9. The second-order valence-electron chi connectivity index (χ2n) is 8.77. The zero-order chi connectivity index (χ0) is 24.3. The van der Waals surface area contributed by atoms with E-state index >= 15 is 0 Å². The topological polar surface area (TPSA) is 43.8 Å². The van der Waals surface area contributed by atoms with E-state index in [4.69, 9.17) is 0 Å². The highest BCUT2D eigenvalue weighted by Crippen LogP contribution is 2.60. The minimum Gasteiger partial charge on any atom is -0.387 e. The van der Waals surface area contributed by atoms with Gasteiger partial charge in [0.25, 0.3) is 0 Å². The molecule has 178 valence electrons. The van der Waals surface area contributed by atoms with Crippen molar-refractivity contribution in [3.05, 3.63) is 70.8 Å². The number of urea groups is 1. The van der Waals surface area contributed by atoms with E-state index in [0.717, 1.165) is 4.90 Å². The fourth-order valence-corrected chi connectivity index (χ4v) is 4.61. The van der Waals surface area contributed by atoms with E-state index in [1.54, 1.807) is 30.3 Å². The number of likely N-dealkylation sites (tertiary alicyclic amines) is 1. The maximum absolute atomic E-state index is 13.3. The van der Waals surface area contributed by atoms with Gasteiger partial charge in [0.1, 0.15) is 0 Å². The van der Waals surface area contributed by atoms with E-state index < -0.39 is 47.2 Å². The number of hydrogen-bond donors (Lipinski definition) is 1. The molecule has 1 saturated carbocycles. The van der Waals surface area contributed by atoms with E-state index in [9.17, 15) is 36.2 Å².